The van der Waals surface area contributed by atoms with Crippen molar-refractivity contribution in [3.05, 3.63) is 57.5 Å². The Morgan fingerprint density at radius 3 is 1.41 bits per heavy atom. The predicted octanol–water partition coefficient (Wildman–Crippen LogP) is 4.04. The van der Waals surface area contributed by atoms with Gasteiger partial charge in [-0.25, -0.2) is 8.42 Å². The van der Waals surface area contributed by atoms with E-state index in [2.05, 4.69) is 31.9 Å². The normalized spacial score (nSPS) is 11.4. The lowest BCUT2D eigenvalue weighted by Crippen LogP contribution is -2.03. The van der Waals surface area contributed by atoms with Gasteiger partial charge < -0.3 is 0 Å². The molecule has 0 saturated heterocycles. The van der Waals surface area contributed by atoms with Gasteiger partial charge in [-0.3, -0.25) is 0 Å². The number of benzene rings is 2. The first kappa shape index (κ1) is 12.8. The monoisotopic (exact) mass is 374 g/mol. The van der Waals surface area contributed by atoms with Crippen LogP contribution in [0.4, 0.5) is 0 Å². The quantitative estimate of drug-likeness (QED) is 0.793. The van der Waals surface area contributed by atoms with Crippen LogP contribution in [0.2, 0.25) is 0 Å². The highest BCUT2D eigenvalue weighted by Gasteiger charge is 2.22. The van der Waals surface area contributed by atoms with Crippen LogP contribution >= 0.6 is 31.9 Å². The van der Waals surface area contributed by atoms with Gasteiger partial charge in [0.1, 0.15) is 0 Å². The summed E-state index contributed by atoms with van der Waals surface area (Å²) in [4.78, 5) is 0.541. The van der Waals surface area contributed by atoms with Crippen molar-refractivity contribution < 1.29 is 8.42 Å². The van der Waals surface area contributed by atoms with E-state index in [1.807, 2.05) is 0 Å². The molecule has 0 aliphatic heterocycles. The van der Waals surface area contributed by atoms with E-state index < -0.39 is 9.84 Å². The van der Waals surface area contributed by atoms with E-state index in [1.165, 1.54) is 0 Å². The van der Waals surface area contributed by atoms with Crippen LogP contribution in [0.3, 0.4) is 0 Å². The van der Waals surface area contributed by atoms with Crippen molar-refractivity contribution in [2.45, 2.75) is 9.79 Å². The summed E-state index contributed by atoms with van der Waals surface area (Å²) in [5.74, 6) is 0. The van der Waals surface area contributed by atoms with E-state index in [9.17, 15) is 8.42 Å². The fourth-order valence-corrected chi connectivity index (χ4v) is 4.69. The Morgan fingerprint density at radius 2 is 1.06 bits per heavy atom. The third kappa shape index (κ3) is 2.46. The fraction of sp³-hybridized carbons (Fsp3) is 0. The fourth-order valence-electron chi connectivity index (χ4n) is 1.44. The van der Waals surface area contributed by atoms with Gasteiger partial charge in [-0.1, -0.05) is 24.3 Å². The van der Waals surface area contributed by atoms with Crippen LogP contribution in [0, 0.1) is 0 Å². The van der Waals surface area contributed by atoms with Crippen molar-refractivity contribution in [3.63, 3.8) is 0 Å². The van der Waals surface area contributed by atoms with E-state index in [0.29, 0.717) is 8.95 Å². The SMILES string of the molecule is O=S(=O)(c1ccccc1Br)c1ccccc1Br. The smallest absolute Gasteiger partial charge is 0.208 e. The van der Waals surface area contributed by atoms with Crippen LogP contribution < -0.4 is 0 Å². The maximum absolute atomic E-state index is 12.4. The van der Waals surface area contributed by atoms with E-state index in [1.54, 1.807) is 48.5 Å². The first-order valence-electron chi connectivity index (χ1n) is 4.77. The molecule has 0 amide bonds. The maximum Gasteiger partial charge on any atom is 0.208 e. The summed E-state index contributed by atoms with van der Waals surface area (Å²) in [6.45, 7) is 0. The molecule has 0 aliphatic carbocycles. The highest BCUT2D eigenvalue weighted by molar-refractivity contribution is 9.10. The van der Waals surface area contributed by atoms with Crippen LogP contribution in [0.15, 0.2) is 67.3 Å². The molecule has 0 N–H and O–H groups in total. The highest BCUT2D eigenvalue weighted by Crippen LogP contribution is 2.31. The molecule has 2 nitrogen and oxygen atoms in total. The zero-order valence-corrected chi connectivity index (χ0v) is 12.6. The van der Waals surface area contributed by atoms with Gasteiger partial charge in [0.05, 0.1) is 9.79 Å². The lowest BCUT2D eigenvalue weighted by atomic mass is 10.4. The molecular weight excluding hydrogens is 368 g/mol. The first-order chi connectivity index (χ1) is 8.03. The van der Waals surface area contributed by atoms with Gasteiger partial charge in [0.25, 0.3) is 0 Å². The second-order valence-electron chi connectivity index (χ2n) is 3.36. The Bertz CT molecular complexity index is 600. The molecule has 88 valence electrons. The topological polar surface area (TPSA) is 34.1 Å². The van der Waals surface area contributed by atoms with Crippen molar-refractivity contribution in [1.29, 1.82) is 0 Å². The zero-order valence-electron chi connectivity index (χ0n) is 8.60. The Morgan fingerprint density at radius 1 is 0.706 bits per heavy atom. The van der Waals surface area contributed by atoms with Crippen LogP contribution in [0.1, 0.15) is 0 Å². The number of halogens is 2. The summed E-state index contributed by atoms with van der Waals surface area (Å²) in [6.07, 6.45) is 0. The number of sulfone groups is 1. The molecule has 0 spiro atoms. The lowest BCUT2D eigenvalue weighted by Gasteiger charge is -2.08. The van der Waals surface area contributed by atoms with E-state index in [4.69, 9.17) is 0 Å². The van der Waals surface area contributed by atoms with Gasteiger partial charge >= 0.3 is 0 Å². The van der Waals surface area contributed by atoms with E-state index >= 15 is 0 Å². The van der Waals surface area contributed by atoms with Gasteiger partial charge in [-0.2, -0.15) is 0 Å². The second kappa shape index (κ2) is 4.92. The first-order valence-corrected chi connectivity index (χ1v) is 7.84. The number of hydrogen-bond donors (Lipinski definition) is 0. The largest absolute Gasteiger partial charge is 0.218 e. The molecule has 0 aromatic heterocycles. The van der Waals surface area contributed by atoms with Crippen LogP contribution in [0.5, 0.6) is 0 Å². The number of hydrogen-bond acceptors (Lipinski definition) is 2. The average Bonchev–Trinajstić information content (AvgIpc) is 2.29. The van der Waals surface area contributed by atoms with Crippen molar-refractivity contribution in [2.75, 3.05) is 0 Å². The molecule has 2 rings (SSSR count). The molecule has 0 atom stereocenters. The summed E-state index contributed by atoms with van der Waals surface area (Å²) in [5, 5.41) is 0. The highest BCUT2D eigenvalue weighted by atomic mass is 79.9. The molecule has 5 heteroatoms. The minimum absolute atomic E-state index is 0.270. The lowest BCUT2D eigenvalue weighted by molar-refractivity contribution is 0.595. The van der Waals surface area contributed by atoms with Crippen LogP contribution in [-0.4, -0.2) is 8.42 Å². The van der Waals surface area contributed by atoms with Gasteiger partial charge in [0.2, 0.25) is 9.84 Å². The summed E-state index contributed by atoms with van der Waals surface area (Å²) in [5.41, 5.74) is 0. The van der Waals surface area contributed by atoms with Gasteiger partial charge in [-0.05, 0) is 56.1 Å². The summed E-state index contributed by atoms with van der Waals surface area (Å²) in [7, 11) is -3.49. The van der Waals surface area contributed by atoms with Crippen molar-refractivity contribution in [2.24, 2.45) is 0 Å². The molecule has 0 bridgehead atoms. The second-order valence-corrected chi connectivity index (χ2v) is 6.96. The summed E-state index contributed by atoms with van der Waals surface area (Å²) in [6, 6.07) is 13.6. The molecule has 0 heterocycles. The molecule has 0 unspecified atom stereocenters. The van der Waals surface area contributed by atoms with Crippen molar-refractivity contribution in [1.82, 2.24) is 0 Å². The van der Waals surface area contributed by atoms with Gasteiger partial charge in [0, 0.05) is 8.95 Å². The average molecular weight is 376 g/mol. The Kier molecular flexibility index (Phi) is 3.70. The van der Waals surface area contributed by atoms with Crippen LogP contribution in [0.25, 0.3) is 0 Å². The summed E-state index contributed by atoms with van der Waals surface area (Å²) < 4.78 is 26.0. The molecule has 0 fully saturated rings. The molecule has 2 aromatic rings. The molecule has 2 aromatic carbocycles. The Hall–Kier alpha value is -0.650. The van der Waals surface area contributed by atoms with Gasteiger partial charge in [0.15, 0.2) is 0 Å². The van der Waals surface area contributed by atoms with E-state index in [0.717, 1.165) is 0 Å². The molecule has 17 heavy (non-hydrogen) atoms. The Labute approximate surface area is 117 Å². The predicted molar refractivity (Wildman–Crippen MR) is 73.7 cm³/mol. The van der Waals surface area contributed by atoms with Crippen molar-refractivity contribution >= 4 is 41.7 Å². The minimum atomic E-state index is -3.49. The Balaban J connectivity index is 2.67. The molecular formula is C12H8Br2O2S. The molecule has 0 radical (unpaired) electrons. The number of rotatable bonds is 2. The third-order valence-electron chi connectivity index (χ3n) is 2.25. The standard InChI is InChI=1S/C12H8Br2O2S/c13-9-5-1-3-7-11(9)17(15,16)12-8-4-2-6-10(12)14/h1-8H. The van der Waals surface area contributed by atoms with Crippen molar-refractivity contribution in [3.8, 4) is 0 Å². The molecule has 0 saturated carbocycles. The van der Waals surface area contributed by atoms with Crippen LogP contribution in [-0.2, 0) is 9.84 Å². The third-order valence-corrected chi connectivity index (χ3v) is 6.03. The maximum atomic E-state index is 12.4. The summed E-state index contributed by atoms with van der Waals surface area (Å²) >= 11 is 6.52. The zero-order chi connectivity index (χ0) is 12.5. The molecule has 0 aliphatic rings. The van der Waals surface area contributed by atoms with E-state index in [-0.39, 0.29) is 9.79 Å². The van der Waals surface area contributed by atoms with Gasteiger partial charge in [-0.15, -0.1) is 0 Å². The minimum Gasteiger partial charge on any atom is -0.218 e.